The maximum atomic E-state index is 12.4. The van der Waals surface area contributed by atoms with Gasteiger partial charge in [-0.25, -0.2) is 8.42 Å². The van der Waals surface area contributed by atoms with E-state index >= 15 is 0 Å². The number of phenols is 1. The molecule has 100 valence electrons. The Morgan fingerprint density at radius 1 is 1.33 bits per heavy atom. The Balaban J connectivity index is 2.35. The Labute approximate surface area is 107 Å². The lowest BCUT2D eigenvalue weighted by Crippen LogP contribution is -2.50. The summed E-state index contributed by atoms with van der Waals surface area (Å²) in [6.45, 7) is 4.64. The number of benzene rings is 1. The van der Waals surface area contributed by atoms with E-state index in [-0.39, 0.29) is 17.2 Å². The molecule has 0 radical (unpaired) electrons. The number of hydrogen-bond acceptors (Lipinski definition) is 4. The van der Waals surface area contributed by atoms with Crippen molar-refractivity contribution in [1.29, 1.82) is 0 Å². The highest BCUT2D eigenvalue weighted by Crippen LogP contribution is 2.28. The van der Waals surface area contributed by atoms with Crippen molar-refractivity contribution in [3.05, 3.63) is 24.3 Å². The number of ether oxygens (including phenoxy) is 1. The number of sulfonamides is 1. The molecule has 1 aromatic rings. The third-order valence-electron chi connectivity index (χ3n) is 2.87. The Bertz CT molecular complexity index is 539. The van der Waals surface area contributed by atoms with E-state index in [0.29, 0.717) is 13.2 Å². The fraction of sp³-hybridized carbons (Fsp3) is 0.500. The molecular formula is C12H17NO4S. The number of hydrogen-bond donors (Lipinski definition) is 1. The monoisotopic (exact) mass is 271 g/mol. The minimum absolute atomic E-state index is 0.0531. The van der Waals surface area contributed by atoms with Gasteiger partial charge in [-0.3, -0.25) is 0 Å². The van der Waals surface area contributed by atoms with Crippen LogP contribution in [-0.4, -0.2) is 43.1 Å². The van der Waals surface area contributed by atoms with E-state index in [1.54, 1.807) is 12.1 Å². The Kier molecular flexibility index (Phi) is 3.35. The molecule has 1 N–H and O–H groups in total. The first-order chi connectivity index (χ1) is 8.33. The summed E-state index contributed by atoms with van der Waals surface area (Å²) in [6.07, 6.45) is 0. The highest BCUT2D eigenvalue weighted by Gasteiger charge is 2.35. The molecular weight excluding hydrogens is 254 g/mol. The summed E-state index contributed by atoms with van der Waals surface area (Å²) in [5, 5.41) is 9.67. The Morgan fingerprint density at radius 3 is 2.61 bits per heavy atom. The highest BCUT2D eigenvalue weighted by molar-refractivity contribution is 7.89. The summed E-state index contributed by atoms with van der Waals surface area (Å²) in [6, 6.07) is 5.97. The average Bonchev–Trinajstić information content (AvgIpc) is 2.28. The van der Waals surface area contributed by atoms with Crippen LogP contribution in [0.1, 0.15) is 13.8 Å². The predicted molar refractivity (Wildman–Crippen MR) is 66.9 cm³/mol. The van der Waals surface area contributed by atoms with Gasteiger partial charge in [-0.05, 0) is 26.0 Å². The van der Waals surface area contributed by atoms with Gasteiger partial charge in [0.15, 0.2) is 0 Å². The topological polar surface area (TPSA) is 66.8 Å². The molecule has 1 fully saturated rings. The van der Waals surface area contributed by atoms with Crippen LogP contribution in [0.4, 0.5) is 0 Å². The lowest BCUT2D eigenvalue weighted by molar-refractivity contribution is -0.0640. The van der Waals surface area contributed by atoms with Crippen LogP contribution < -0.4 is 0 Å². The second-order valence-electron chi connectivity index (χ2n) is 4.91. The maximum absolute atomic E-state index is 12.4. The summed E-state index contributed by atoms with van der Waals surface area (Å²) in [5.41, 5.74) is -0.504. The van der Waals surface area contributed by atoms with E-state index in [2.05, 4.69) is 0 Å². The normalized spacial score (nSPS) is 20.8. The molecule has 0 spiro atoms. The molecule has 2 rings (SSSR count). The first-order valence-electron chi connectivity index (χ1n) is 5.75. The molecule has 0 atom stereocenters. The van der Waals surface area contributed by atoms with Crippen LogP contribution in [0.2, 0.25) is 0 Å². The van der Waals surface area contributed by atoms with E-state index in [1.807, 2.05) is 13.8 Å². The van der Waals surface area contributed by atoms with Gasteiger partial charge >= 0.3 is 0 Å². The Hall–Kier alpha value is -1.11. The molecule has 1 aliphatic heterocycles. The SMILES string of the molecule is CC1(C)CN(S(=O)(=O)c2ccccc2O)CCO1. The van der Waals surface area contributed by atoms with Crippen molar-refractivity contribution in [2.45, 2.75) is 24.3 Å². The minimum Gasteiger partial charge on any atom is -0.507 e. The first-order valence-corrected chi connectivity index (χ1v) is 7.19. The van der Waals surface area contributed by atoms with Gasteiger partial charge in [0.2, 0.25) is 10.0 Å². The van der Waals surface area contributed by atoms with Gasteiger partial charge in [0.1, 0.15) is 10.6 Å². The molecule has 18 heavy (non-hydrogen) atoms. The van der Waals surface area contributed by atoms with Crippen molar-refractivity contribution in [2.24, 2.45) is 0 Å². The van der Waals surface area contributed by atoms with Crippen LogP contribution in [0.25, 0.3) is 0 Å². The zero-order valence-electron chi connectivity index (χ0n) is 10.5. The number of morpholine rings is 1. The van der Waals surface area contributed by atoms with Crippen LogP contribution in [0.15, 0.2) is 29.2 Å². The van der Waals surface area contributed by atoms with Crippen molar-refractivity contribution in [2.75, 3.05) is 19.7 Å². The molecule has 0 saturated carbocycles. The summed E-state index contributed by atoms with van der Waals surface area (Å²) in [7, 11) is -3.66. The summed E-state index contributed by atoms with van der Waals surface area (Å²) in [5.74, 6) is -0.221. The molecule has 1 aromatic carbocycles. The number of phenolic OH excluding ortho intramolecular Hbond substituents is 1. The standard InChI is InChI=1S/C12H17NO4S/c1-12(2)9-13(7-8-17-12)18(15,16)11-6-4-3-5-10(11)14/h3-6,14H,7-9H2,1-2H3. The second kappa shape index (κ2) is 4.53. The third-order valence-corrected chi connectivity index (χ3v) is 4.77. The van der Waals surface area contributed by atoms with Crippen LogP contribution in [0, 0.1) is 0 Å². The van der Waals surface area contributed by atoms with E-state index < -0.39 is 15.6 Å². The van der Waals surface area contributed by atoms with Gasteiger partial charge in [0, 0.05) is 13.1 Å². The lowest BCUT2D eigenvalue weighted by Gasteiger charge is -2.37. The lowest BCUT2D eigenvalue weighted by atomic mass is 10.1. The molecule has 1 heterocycles. The van der Waals surface area contributed by atoms with Gasteiger partial charge < -0.3 is 9.84 Å². The second-order valence-corrected chi connectivity index (χ2v) is 6.82. The first kappa shape index (κ1) is 13.3. The largest absolute Gasteiger partial charge is 0.507 e. The summed E-state index contributed by atoms with van der Waals surface area (Å²) >= 11 is 0. The van der Waals surface area contributed by atoms with Gasteiger partial charge in [-0.1, -0.05) is 12.1 Å². The molecule has 0 amide bonds. The summed E-state index contributed by atoms with van der Waals surface area (Å²) < 4.78 is 31.7. The van der Waals surface area contributed by atoms with Crippen LogP contribution in [0.3, 0.4) is 0 Å². The third kappa shape index (κ3) is 2.50. The van der Waals surface area contributed by atoms with Crippen molar-refractivity contribution in [1.82, 2.24) is 4.31 Å². The van der Waals surface area contributed by atoms with Crippen LogP contribution in [-0.2, 0) is 14.8 Å². The number of para-hydroxylation sites is 1. The van der Waals surface area contributed by atoms with Gasteiger partial charge in [0.05, 0.1) is 12.2 Å². The zero-order valence-corrected chi connectivity index (χ0v) is 11.3. The van der Waals surface area contributed by atoms with Gasteiger partial charge in [0.25, 0.3) is 0 Å². The molecule has 1 saturated heterocycles. The molecule has 0 aliphatic carbocycles. The van der Waals surface area contributed by atoms with E-state index in [4.69, 9.17) is 4.74 Å². The molecule has 0 aromatic heterocycles. The van der Waals surface area contributed by atoms with E-state index in [9.17, 15) is 13.5 Å². The predicted octanol–water partition coefficient (Wildman–Crippen LogP) is 1.19. The van der Waals surface area contributed by atoms with Gasteiger partial charge in [-0.2, -0.15) is 4.31 Å². The quantitative estimate of drug-likeness (QED) is 0.877. The van der Waals surface area contributed by atoms with Crippen LogP contribution >= 0.6 is 0 Å². The van der Waals surface area contributed by atoms with Crippen LogP contribution in [0.5, 0.6) is 5.75 Å². The van der Waals surface area contributed by atoms with Gasteiger partial charge in [-0.15, -0.1) is 0 Å². The number of nitrogens with zero attached hydrogens (tertiary/aromatic N) is 1. The Morgan fingerprint density at radius 2 is 2.00 bits per heavy atom. The highest BCUT2D eigenvalue weighted by atomic mass is 32.2. The molecule has 1 aliphatic rings. The smallest absolute Gasteiger partial charge is 0.246 e. The van der Waals surface area contributed by atoms with Crippen molar-refractivity contribution in [3.8, 4) is 5.75 Å². The zero-order chi connectivity index (χ0) is 13.4. The van der Waals surface area contributed by atoms with E-state index in [0.717, 1.165) is 0 Å². The fourth-order valence-electron chi connectivity index (χ4n) is 1.99. The van der Waals surface area contributed by atoms with Crippen molar-refractivity contribution in [3.63, 3.8) is 0 Å². The molecule has 0 unspecified atom stereocenters. The maximum Gasteiger partial charge on any atom is 0.246 e. The molecule has 0 bridgehead atoms. The van der Waals surface area contributed by atoms with E-state index in [1.165, 1.54) is 16.4 Å². The summed E-state index contributed by atoms with van der Waals surface area (Å²) in [4.78, 5) is -0.0531. The minimum atomic E-state index is -3.66. The number of aromatic hydroxyl groups is 1. The average molecular weight is 271 g/mol. The van der Waals surface area contributed by atoms with Crippen molar-refractivity contribution >= 4 is 10.0 Å². The van der Waals surface area contributed by atoms with Crippen molar-refractivity contribution < 1.29 is 18.3 Å². The molecule has 5 nitrogen and oxygen atoms in total. The molecule has 6 heteroatoms. The fourth-order valence-corrected chi connectivity index (χ4v) is 3.65. The number of rotatable bonds is 2.